The second-order valence-corrected chi connectivity index (χ2v) is 5.32. The van der Waals surface area contributed by atoms with Gasteiger partial charge >= 0.3 is 0 Å². The molecule has 2 aromatic rings. The van der Waals surface area contributed by atoms with E-state index in [1.165, 1.54) is 6.42 Å². The average molecular weight is 257 g/mol. The Morgan fingerprint density at radius 3 is 2.79 bits per heavy atom. The van der Waals surface area contributed by atoms with E-state index in [2.05, 4.69) is 18.1 Å². The van der Waals surface area contributed by atoms with Gasteiger partial charge in [0.25, 0.3) is 0 Å². The van der Waals surface area contributed by atoms with Crippen molar-refractivity contribution in [1.82, 2.24) is 9.78 Å². The number of rotatable bonds is 3. The summed E-state index contributed by atoms with van der Waals surface area (Å²) in [5.74, 6) is 2.82. The Morgan fingerprint density at radius 2 is 2.16 bits per heavy atom. The first-order chi connectivity index (χ1) is 9.11. The fraction of sp³-hybridized carbons (Fsp3) is 0.400. The van der Waals surface area contributed by atoms with Crippen molar-refractivity contribution >= 4 is 5.82 Å². The molecule has 1 heterocycles. The number of aryl methyl sites for hydroxylation is 1. The van der Waals surface area contributed by atoms with Crippen LogP contribution in [0.15, 0.2) is 24.3 Å². The SMILES string of the molecule is COc1cccc(-c2c(C3CC3C)nn(C)c2N)c1. The lowest BCUT2D eigenvalue weighted by atomic mass is 10.0. The van der Waals surface area contributed by atoms with Gasteiger partial charge in [0.05, 0.1) is 12.8 Å². The van der Waals surface area contributed by atoms with Crippen molar-refractivity contribution in [2.24, 2.45) is 13.0 Å². The number of nitrogen functional groups attached to an aromatic ring is 1. The van der Waals surface area contributed by atoms with Gasteiger partial charge < -0.3 is 10.5 Å². The van der Waals surface area contributed by atoms with E-state index in [4.69, 9.17) is 10.5 Å². The molecule has 3 rings (SSSR count). The quantitative estimate of drug-likeness (QED) is 0.920. The van der Waals surface area contributed by atoms with Gasteiger partial charge in [-0.15, -0.1) is 0 Å². The number of benzene rings is 1. The van der Waals surface area contributed by atoms with Crippen LogP contribution in [0.1, 0.15) is 25.0 Å². The number of aromatic nitrogens is 2. The molecule has 0 spiro atoms. The van der Waals surface area contributed by atoms with E-state index >= 15 is 0 Å². The first-order valence-electron chi connectivity index (χ1n) is 6.58. The van der Waals surface area contributed by atoms with Crippen LogP contribution in [0.5, 0.6) is 5.75 Å². The summed E-state index contributed by atoms with van der Waals surface area (Å²) in [5.41, 5.74) is 9.47. The summed E-state index contributed by atoms with van der Waals surface area (Å²) in [6, 6.07) is 8.01. The Morgan fingerprint density at radius 1 is 1.42 bits per heavy atom. The Kier molecular flexibility index (Phi) is 2.73. The van der Waals surface area contributed by atoms with Crippen molar-refractivity contribution in [2.75, 3.05) is 12.8 Å². The summed E-state index contributed by atoms with van der Waals surface area (Å²) >= 11 is 0. The van der Waals surface area contributed by atoms with Crippen LogP contribution in [0, 0.1) is 5.92 Å². The van der Waals surface area contributed by atoms with E-state index in [1.54, 1.807) is 11.8 Å². The Labute approximate surface area is 113 Å². The van der Waals surface area contributed by atoms with E-state index in [1.807, 2.05) is 25.2 Å². The van der Waals surface area contributed by atoms with Crippen molar-refractivity contribution < 1.29 is 4.74 Å². The van der Waals surface area contributed by atoms with Crippen LogP contribution in [0.2, 0.25) is 0 Å². The lowest BCUT2D eigenvalue weighted by Gasteiger charge is -2.06. The lowest BCUT2D eigenvalue weighted by molar-refractivity contribution is 0.415. The molecule has 1 aromatic heterocycles. The molecule has 1 fully saturated rings. The van der Waals surface area contributed by atoms with E-state index in [9.17, 15) is 0 Å². The highest BCUT2D eigenvalue weighted by Crippen LogP contribution is 2.50. The molecule has 1 saturated carbocycles. The molecule has 2 atom stereocenters. The maximum atomic E-state index is 6.20. The van der Waals surface area contributed by atoms with Crippen LogP contribution >= 0.6 is 0 Å². The van der Waals surface area contributed by atoms with Gasteiger partial charge in [0.2, 0.25) is 0 Å². The molecule has 0 bridgehead atoms. The second-order valence-electron chi connectivity index (χ2n) is 5.32. The zero-order chi connectivity index (χ0) is 13.6. The molecule has 1 aromatic carbocycles. The number of nitrogens with two attached hydrogens (primary N) is 1. The third kappa shape index (κ3) is 1.97. The minimum atomic E-state index is 0.546. The van der Waals surface area contributed by atoms with E-state index in [0.717, 1.165) is 28.4 Å². The molecule has 1 aliphatic carbocycles. The highest BCUT2D eigenvalue weighted by Gasteiger charge is 2.39. The topological polar surface area (TPSA) is 53.1 Å². The van der Waals surface area contributed by atoms with Crippen molar-refractivity contribution in [2.45, 2.75) is 19.3 Å². The Balaban J connectivity index is 2.12. The zero-order valence-corrected chi connectivity index (χ0v) is 11.6. The van der Waals surface area contributed by atoms with Crippen LogP contribution in [0.25, 0.3) is 11.1 Å². The first kappa shape index (κ1) is 12.1. The van der Waals surface area contributed by atoms with Crippen molar-refractivity contribution in [3.63, 3.8) is 0 Å². The molecule has 100 valence electrons. The monoisotopic (exact) mass is 257 g/mol. The Bertz CT molecular complexity index is 618. The van der Waals surface area contributed by atoms with E-state index in [-0.39, 0.29) is 0 Å². The summed E-state index contributed by atoms with van der Waals surface area (Å²) in [5, 5.41) is 4.61. The van der Waals surface area contributed by atoms with Gasteiger partial charge in [-0.1, -0.05) is 19.1 Å². The van der Waals surface area contributed by atoms with Crippen molar-refractivity contribution in [1.29, 1.82) is 0 Å². The van der Waals surface area contributed by atoms with Crippen LogP contribution in [-0.2, 0) is 7.05 Å². The molecule has 2 unspecified atom stereocenters. The van der Waals surface area contributed by atoms with Crippen molar-refractivity contribution in [3.05, 3.63) is 30.0 Å². The summed E-state index contributed by atoms with van der Waals surface area (Å²) in [6.07, 6.45) is 1.20. The minimum Gasteiger partial charge on any atom is -0.497 e. The summed E-state index contributed by atoms with van der Waals surface area (Å²) in [4.78, 5) is 0. The van der Waals surface area contributed by atoms with Gasteiger partial charge in [-0.2, -0.15) is 5.10 Å². The van der Waals surface area contributed by atoms with Crippen LogP contribution in [0.3, 0.4) is 0 Å². The van der Waals surface area contributed by atoms with Gasteiger partial charge in [0.1, 0.15) is 11.6 Å². The van der Waals surface area contributed by atoms with E-state index < -0.39 is 0 Å². The molecule has 1 aliphatic rings. The summed E-state index contributed by atoms with van der Waals surface area (Å²) in [7, 11) is 3.57. The second kappa shape index (κ2) is 4.30. The Hall–Kier alpha value is -1.97. The minimum absolute atomic E-state index is 0.546. The number of anilines is 1. The third-order valence-electron chi connectivity index (χ3n) is 3.94. The summed E-state index contributed by atoms with van der Waals surface area (Å²) in [6.45, 7) is 2.25. The average Bonchev–Trinajstić information content (AvgIpc) is 3.07. The van der Waals surface area contributed by atoms with Gasteiger partial charge in [-0.3, -0.25) is 4.68 Å². The first-order valence-corrected chi connectivity index (χ1v) is 6.58. The standard InChI is InChI=1S/C15H19N3O/c1-9-7-12(9)14-13(15(16)18(2)17-14)10-5-4-6-11(8-10)19-3/h4-6,8-9,12H,7,16H2,1-3H3. The molecular weight excluding hydrogens is 238 g/mol. The molecular formula is C15H19N3O. The number of hydrogen-bond donors (Lipinski definition) is 1. The number of ether oxygens (including phenoxy) is 1. The smallest absolute Gasteiger partial charge is 0.129 e. The van der Waals surface area contributed by atoms with Crippen molar-refractivity contribution in [3.8, 4) is 16.9 Å². The normalized spacial score (nSPS) is 21.4. The van der Waals surface area contributed by atoms with Crippen LogP contribution in [0.4, 0.5) is 5.82 Å². The van der Waals surface area contributed by atoms with Gasteiger partial charge in [0, 0.05) is 18.5 Å². The molecule has 0 saturated heterocycles. The summed E-state index contributed by atoms with van der Waals surface area (Å²) < 4.78 is 7.07. The molecule has 0 aliphatic heterocycles. The molecule has 4 nitrogen and oxygen atoms in total. The zero-order valence-electron chi connectivity index (χ0n) is 11.6. The number of nitrogens with zero attached hydrogens (tertiary/aromatic N) is 2. The molecule has 0 radical (unpaired) electrons. The fourth-order valence-electron chi connectivity index (χ4n) is 2.60. The highest BCUT2D eigenvalue weighted by atomic mass is 16.5. The van der Waals surface area contributed by atoms with Crippen LogP contribution in [-0.4, -0.2) is 16.9 Å². The molecule has 4 heteroatoms. The fourth-order valence-corrected chi connectivity index (χ4v) is 2.60. The molecule has 2 N–H and O–H groups in total. The third-order valence-corrected chi connectivity index (χ3v) is 3.94. The highest BCUT2D eigenvalue weighted by molar-refractivity contribution is 5.78. The number of hydrogen-bond acceptors (Lipinski definition) is 3. The maximum Gasteiger partial charge on any atom is 0.129 e. The molecule has 19 heavy (non-hydrogen) atoms. The van der Waals surface area contributed by atoms with Gasteiger partial charge in [0.15, 0.2) is 0 Å². The van der Waals surface area contributed by atoms with E-state index in [0.29, 0.717) is 11.8 Å². The van der Waals surface area contributed by atoms with Gasteiger partial charge in [-0.05, 0) is 30.0 Å². The largest absolute Gasteiger partial charge is 0.497 e. The predicted octanol–water partition coefficient (Wildman–Crippen LogP) is 2.80. The van der Waals surface area contributed by atoms with Crippen LogP contribution < -0.4 is 10.5 Å². The maximum absolute atomic E-state index is 6.20. The predicted molar refractivity (Wildman–Crippen MR) is 76.1 cm³/mol. The lowest BCUT2D eigenvalue weighted by Crippen LogP contribution is -1.98. The molecule has 0 amide bonds. The van der Waals surface area contributed by atoms with Gasteiger partial charge in [-0.25, -0.2) is 0 Å². The number of methoxy groups -OCH3 is 1.